The normalized spacial score (nSPS) is 10.3. The fourth-order valence-corrected chi connectivity index (χ4v) is 2.11. The standard InChI is InChI=1S/C12H15N5OS/c1-17(2)11-14-10(13)15-12(16-11)19-9-6-4-8(18-3)5-7-9/h4-7H,1-3H3,(H2,13,14,15,16). The monoisotopic (exact) mass is 277 g/mol. The van der Waals surface area contributed by atoms with E-state index in [1.54, 1.807) is 12.0 Å². The van der Waals surface area contributed by atoms with Crippen LogP contribution in [0, 0.1) is 0 Å². The van der Waals surface area contributed by atoms with Crippen LogP contribution in [0.2, 0.25) is 0 Å². The molecule has 0 bridgehead atoms. The van der Waals surface area contributed by atoms with Crippen LogP contribution in [0.25, 0.3) is 0 Å². The van der Waals surface area contributed by atoms with Gasteiger partial charge in [0, 0.05) is 19.0 Å². The third-order valence-corrected chi connectivity index (χ3v) is 3.16. The highest BCUT2D eigenvalue weighted by atomic mass is 32.2. The Kier molecular flexibility index (Phi) is 4.06. The molecule has 6 nitrogen and oxygen atoms in total. The SMILES string of the molecule is COc1ccc(Sc2nc(N)nc(N(C)C)n2)cc1. The van der Waals surface area contributed by atoms with Crippen LogP contribution >= 0.6 is 11.8 Å². The lowest BCUT2D eigenvalue weighted by molar-refractivity contribution is 0.414. The first kappa shape index (κ1) is 13.4. The Balaban J connectivity index is 2.22. The van der Waals surface area contributed by atoms with Gasteiger partial charge in [0.05, 0.1) is 7.11 Å². The molecule has 100 valence electrons. The summed E-state index contributed by atoms with van der Waals surface area (Å²) in [5, 5.41) is 0.571. The van der Waals surface area contributed by atoms with Gasteiger partial charge in [0.2, 0.25) is 11.9 Å². The highest BCUT2D eigenvalue weighted by Crippen LogP contribution is 2.27. The van der Waals surface area contributed by atoms with Gasteiger partial charge in [-0.1, -0.05) is 0 Å². The second-order valence-corrected chi connectivity index (χ2v) is 4.99. The van der Waals surface area contributed by atoms with E-state index >= 15 is 0 Å². The Bertz CT molecular complexity index is 559. The van der Waals surface area contributed by atoms with Gasteiger partial charge in [-0.2, -0.15) is 15.0 Å². The van der Waals surface area contributed by atoms with Crippen LogP contribution in [-0.2, 0) is 0 Å². The van der Waals surface area contributed by atoms with E-state index in [2.05, 4.69) is 15.0 Å². The predicted molar refractivity (Wildman–Crippen MR) is 75.7 cm³/mol. The topological polar surface area (TPSA) is 77.2 Å². The number of methoxy groups -OCH3 is 1. The summed E-state index contributed by atoms with van der Waals surface area (Å²) in [6.45, 7) is 0. The molecular formula is C12H15N5OS. The van der Waals surface area contributed by atoms with Crippen molar-refractivity contribution in [3.63, 3.8) is 0 Å². The summed E-state index contributed by atoms with van der Waals surface area (Å²) in [6, 6.07) is 7.66. The van der Waals surface area contributed by atoms with Gasteiger partial charge in [-0.05, 0) is 36.0 Å². The third kappa shape index (κ3) is 3.47. The molecule has 0 amide bonds. The molecule has 0 aliphatic rings. The van der Waals surface area contributed by atoms with Crippen LogP contribution in [-0.4, -0.2) is 36.2 Å². The summed E-state index contributed by atoms with van der Waals surface area (Å²) < 4.78 is 5.11. The maximum Gasteiger partial charge on any atom is 0.230 e. The number of nitrogens with zero attached hydrogens (tertiary/aromatic N) is 4. The second-order valence-electron chi connectivity index (χ2n) is 3.95. The molecule has 0 fully saturated rings. The minimum Gasteiger partial charge on any atom is -0.497 e. The fraction of sp³-hybridized carbons (Fsp3) is 0.250. The molecule has 0 atom stereocenters. The van der Waals surface area contributed by atoms with Crippen molar-refractivity contribution in [2.24, 2.45) is 0 Å². The lowest BCUT2D eigenvalue weighted by atomic mass is 10.3. The van der Waals surface area contributed by atoms with Gasteiger partial charge >= 0.3 is 0 Å². The number of ether oxygens (including phenoxy) is 1. The number of hydrogen-bond acceptors (Lipinski definition) is 7. The van der Waals surface area contributed by atoms with Crippen molar-refractivity contribution in [3.05, 3.63) is 24.3 Å². The molecule has 1 heterocycles. The Hall–Kier alpha value is -2.02. The zero-order chi connectivity index (χ0) is 13.8. The molecular weight excluding hydrogens is 262 g/mol. The van der Waals surface area contributed by atoms with Gasteiger partial charge in [0.15, 0.2) is 5.16 Å². The molecule has 2 N–H and O–H groups in total. The maximum absolute atomic E-state index is 5.67. The van der Waals surface area contributed by atoms with Crippen LogP contribution in [0.5, 0.6) is 5.75 Å². The van der Waals surface area contributed by atoms with Crippen LogP contribution in [0.1, 0.15) is 0 Å². The first-order chi connectivity index (χ1) is 9.08. The molecule has 2 rings (SSSR count). The smallest absolute Gasteiger partial charge is 0.230 e. The van der Waals surface area contributed by atoms with Crippen LogP contribution in [0.3, 0.4) is 0 Å². The van der Waals surface area contributed by atoms with E-state index in [1.165, 1.54) is 11.8 Å². The van der Waals surface area contributed by atoms with Crippen LogP contribution in [0.15, 0.2) is 34.3 Å². The van der Waals surface area contributed by atoms with Gasteiger partial charge in [-0.3, -0.25) is 0 Å². The van der Waals surface area contributed by atoms with Crippen molar-refractivity contribution in [2.75, 3.05) is 31.8 Å². The van der Waals surface area contributed by atoms with Crippen molar-refractivity contribution >= 4 is 23.7 Å². The first-order valence-electron chi connectivity index (χ1n) is 5.59. The quantitative estimate of drug-likeness (QED) is 0.911. The largest absolute Gasteiger partial charge is 0.497 e. The molecule has 0 aliphatic heterocycles. The Morgan fingerprint density at radius 2 is 1.79 bits per heavy atom. The molecule has 0 unspecified atom stereocenters. The van der Waals surface area contributed by atoms with Gasteiger partial charge in [-0.15, -0.1) is 0 Å². The van der Waals surface area contributed by atoms with Crippen LogP contribution in [0.4, 0.5) is 11.9 Å². The second kappa shape index (κ2) is 5.75. The number of anilines is 2. The molecule has 0 saturated heterocycles. The molecule has 7 heteroatoms. The fourth-order valence-electron chi connectivity index (χ4n) is 1.36. The van der Waals surface area contributed by atoms with E-state index in [0.717, 1.165) is 10.6 Å². The Morgan fingerprint density at radius 1 is 1.11 bits per heavy atom. The summed E-state index contributed by atoms with van der Waals surface area (Å²) in [5.41, 5.74) is 5.67. The lowest BCUT2D eigenvalue weighted by Gasteiger charge is -2.11. The average Bonchev–Trinajstić information content (AvgIpc) is 2.39. The van der Waals surface area contributed by atoms with E-state index < -0.39 is 0 Å². The number of aromatic nitrogens is 3. The van der Waals surface area contributed by atoms with Crippen molar-refractivity contribution in [2.45, 2.75) is 10.1 Å². The highest BCUT2D eigenvalue weighted by Gasteiger charge is 2.07. The third-order valence-electron chi connectivity index (χ3n) is 2.29. The number of rotatable bonds is 4. The van der Waals surface area contributed by atoms with Crippen molar-refractivity contribution in [1.82, 2.24) is 15.0 Å². The predicted octanol–water partition coefficient (Wildman–Crippen LogP) is 1.68. The lowest BCUT2D eigenvalue weighted by Crippen LogP contribution is -2.15. The number of hydrogen-bond donors (Lipinski definition) is 1. The van der Waals surface area contributed by atoms with Gasteiger partial charge in [0.1, 0.15) is 5.75 Å². The molecule has 0 saturated carbocycles. The minimum atomic E-state index is 0.217. The van der Waals surface area contributed by atoms with Gasteiger partial charge < -0.3 is 15.4 Å². The molecule has 1 aromatic heterocycles. The number of benzene rings is 1. The Morgan fingerprint density at radius 3 is 2.37 bits per heavy atom. The number of nitrogens with two attached hydrogens (primary N) is 1. The van der Waals surface area contributed by atoms with Crippen molar-refractivity contribution in [3.8, 4) is 5.75 Å². The van der Waals surface area contributed by atoms with E-state index in [1.807, 2.05) is 38.4 Å². The first-order valence-corrected chi connectivity index (χ1v) is 6.41. The minimum absolute atomic E-state index is 0.217. The molecule has 2 aromatic rings. The van der Waals surface area contributed by atoms with E-state index in [4.69, 9.17) is 10.5 Å². The zero-order valence-corrected chi connectivity index (χ0v) is 11.8. The average molecular weight is 277 g/mol. The maximum atomic E-state index is 5.67. The summed E-state index contributed by atoms with van der Waals surface area (Å²) in [7, 11) is 5.35. The summed E-state index contributed by atoms with van der Waals surface area (Å²) in [6.07, 6.45) is 0. The molecule has 1 aromatic carbocycles. The summed E-state index contributed by atoms with van der Waals surface area (Å²) in [4.78, 5) is 15.3. The molecule has 19 heavy (non-hydrogen) atoms. The summed E-state index contributed by atoms with van der Waals surface area (Å²) >= 11 is 1.43. The van der Waals surface area contributed by atoms with Gasteiger partial charge in [0.25, 0.3) is 0 Å². The van der Waals surface area contributed by atoms with E-state index in [0.29, 0.717) is 11.1 Å². The van der Waals surface area contributed by atoms with Crippen LogP contribution < -0.4 is 15.4 Å². The highest BCUT2D eigenvalue weighted by molar-refractivity contribution is 7.99. The molecule has 0 radical (unpaired) electrons. The van der Waals surface area contributed by atoms with E-state index in [9.17, 15) is 0 Å². The van der Waals surface area contributed by atoms with Gasteiger partial charge in [-0.25, -0.2) is 0 Å². The Labute approximate surface area is 116 Å². The van der Waals surface area contributed by atoms with Crippen molar-refractivity contribution in [1.29, 1.82) is 0 Å². The van der Waals surface area contributed by atoms with Crippen molar-refractivity contribution < 1.29 is 4.74 Å². The molecule has 0 aliphatic carbocycles. The summed E-state index contributed by atoms with van der Waals surface area (Å²) in [5.74, 6) is 1.58. The zero-order valence-electron chi connectivity index (χ0n) is 11.0. The molecule has 0 spiro atoms. The number of nitrogen functional groups attached to an aromatic ring is 1. The van der Waals surface area contributed by atoms with E-state index in [-0.39, 0.29) is 5.95 Å².